The predicted octanol–water partition coefficient (Wildman–Crippen LogP) is 1.16. The molecule has 0 aliphatic carbocycles. The number of nitrogens with zero attached hydrogens (tertiary/aromatic N) is 4. The molecule has 0 bridgehead atoms. The number of carbonyl (C=O) groups is 1. The lowest BCUT2D eigenvalue weighted by atomic mass is 10.0. The van der Waals surface area contributed by atoms with Gasteiger partial charge in [0.1, 0.15) is 6.61 Å². The minimum Gasteiger partial charge on any atom is -0.376 e. The van der Waals surface area contributed by atoms with Gasteiger partial charge in [-0.3, -0.25) is 4.79 Å². The van der Waals surface area contributed by atoms with Crippen LogP contribution in [-0.2, 0) is 20.8 Å². The molecular weight excluding hydrogens is 358 g/mol. The Bertz CT molecular complexity index is 802. The lowest BCUT2D eigenvalue weighted by Crippen LogP contribution is -2.31. The predicted molar refractivity (Wildman–Crippen MR) is 105 cm³/mol. The molecule has 2 aromatic heterocycles. The molecule has 1 N–H and O–H groups in total. The van der Waals surface area contributed by atoms with E-state index in [4.69, 9.17) is 14.6 Å². The third kappa shape index (κ3) is 4.51. The number of hydrogen-bond donors (Lipinski definition) is 1. The summed E-state index contributed by atoms with van der Waals surface area (Å²) in [6.07, 6.45) is 5.15. The van der Waals surface area contributed by atoms with E-state index in [0.717, 1.165) is 55.7 Å². The molecule has 2 aliphatic heterocycles. The zero-order valence-electron chi connectivity index (χ0n) is 16.5. The molecule has 2 unspecified atom stereocenters. The maximum Gasteiger partial charge on any atom is 0.246 e. The van der Waals surface area contributed by atoms with Crippen molar-refractivity contribution >= 4 is 16.9 Å². The lowest BCUT2D eigenvalue weighted by molar-refractivity contribution is -0.126. The number of nitrogens with one attached hydrogen (secondary N) is 1. The van der Waals surface area contributed by atoms with Crippen LogP contribution in [0.5, 0.6) is 0 Å². The highest BCUT2D eigenvalue weighted by Gasteiger charge is 2.26. The van der Waals surface area contributed by atoms with Crippen molar-refractivity contribution in [2.24, 2.45) is 0 Å². The van der Waals surface area contributed by atoms with E-state index in [1.54, 1.807) is 6.20 Å². The van der Waals surface area contributed by atoms with Crippen LogP contribution in [0, 0.1) is 0 Å². The van der Waals surface area contributed by atoms with Gasteiger partial charge in [0.05, 0.1) is 24.9 Å². The lowest BCUT2D eigenvalue weighted by Gasteiger charge is -2.10. The number of likely N-dealkylation sites (tertiary alicyclic amines) is 1. The molecular formula is C20H29N5O3. The first kappa shape index (κ1) is 19.3. The fourth-order valence-corrected chi connectivity index (χ4v) is 4.06. The highest BCUT2D eigenvalue weighted by atomic mass is 16.5. The standard InChI is InChI=1S/C20H29N5O3/c1-24-9-6-15(12-24)19-17-5-2-7-22-20(17)25(23-19)10-8-21-18(26)14-27-13-16-4-3-11-28-16/h2,5,7,15-16H,3-4,6,8-14H2,1H3,(H,21,26). The van der Waals surface area contributed by atoms with Crippen molar-refractivity contribution in [2.75, 3.05) is 46.5 Å². The van der Waals surface area contributed by atoms with Crippen LogP contribution in [0.4, 0.5) is 0 Å². The fourth-order valence-electron chi connectivity index (χ4n) is 4.06. The summed E-state index contributed by atoms with van der Waals surface area (Å²) in [6.45, 7) is 4.57. The molecule has 2 aromatic rings. The smallest absolute Gasteiger partial charge is 0.246 e. The molecule has 2 saturated heterocycles. The number of hydrogen-bond acceptors (Lipinski definition) is 6. The monoisotopic (exact) mass is 387 g/mol. The van der Waals surface area contributed by atoms with Crippen molar-refractivity contribution in [1.82, 2.24) is 25.0 Å². The topological polar surface area (TPSA) is 81.5 Å². The van der Waals surface area contributed by atoms with E-state index in [9.17, 15) is 4.79 Å². The van der Waals surface area contributed by atoms with Crippen molar-refractivity contribution in [3.05, 3.63) is 24.0 Å². The SMILES string of the molecule is CN1CCC(c2nn(CCNC(=O)COCC3CCCO3)c3ncccc23)C1. The molecule has 2 aliphatic rings. The second-order valence-electron chi connectivity index (χ2n) is 7.73. The second-order valence-corrected chi connectivity index (χ2v) is 7.73. The average Bonchev–Trinajstić information content (AvgIpc) is 3.43. The summed E-state index contributed by atoms with van der Waals surface area (Å²) in [7, 11) is 2.15. The molecule has 8 nitrogen and oxygen atoms in total. The summed E-state index contributed by atoms with van der Waals surface area (Å²) in [5, 5.41) is 8.87. The summed E-state index contributed by atoms with van der Waals surface area (Å²) < 4.78 is 12.9. The van der Waals surface area contributed by atoms with Gasteiger partial charge in [0, 0.05) is 37.2 Å². The van der Waals surface area contributed by atoms with Crippen molar-refractivity contribution < 1.29 is 14.3 Å². The molecule has 0 saturated carbocycles. The Balaban J connectivity index is 1.30. The van der Waals surface area contributed by atoms with E-state index in [-0.39, 0.29) is 18.6 Å². The van der Waals surface area contributed by atoms with Crippen molar-refractivity contribution in [3.8, 4) is 0 Å². The first-order valence-electron chi connectivity index (χ1n) is 10.2. The largest absolute Gasteiger partial charge is 0.376 e. The molecule has 2 atom stereocenters. The van der Waals surface area contributed by atoms with Gasteiger partial charge in [-0.1, -0.05) is 0 Å². The fraction of sp³-hybridized carbons (Fsp3) is 0.650. The van der Waals surface area contributed by atoms with Crippen molar-refractivity contribution in [2.45, 2.75) is 37.8 Å². The quantitative estimate of drug-likeness (QED) is 0.732. The van der Waals surface area contributed by atoms with Gasteiger partial charge in [0.2, 0.25) is 5.91 Å². The van der Waals surface area contributed by atoms with E-state index >= 15 is 0 Å². The molecule has 2 fully saturated rings. The molecule has 28 heavy (non-hydrogen) atoms. The maximum atomic E-state index is 12.0. The number of pyridine rings is 1. The molecule has 152 valence electrons. The Kier molecular flexibility index (Phi) is 6.19. The zero-order chi connectivity index (χ0) is 19.3. The molecule has 1 amide bonds. The molecule has 0 aromatic carbocycles. The van der Waals surface area contributed by atoms with Crippen LogP contribution in [0.25, 0.3) is 11.0 Å². The van der Waals surface area contributed by atoms with Crippen LogP contribution in [0.2, 0.25) is 0 Å². The van der Waals surface area contributed by atoms with E-state index < -0.39 is 0 Å². The molecule has 4 heterocycles. The van der Waals surface area contributed by atoms with E-state index in [1.165, 1.54) is 0 Å². The number of likely N-dealkylation sites (N-methyl/N-ethyl adjacent to an activating group) is 1. The third-order valence-electron chi connectivity index (χ3n) is 5.52. The highest BCUT2D eigenvalue weighted by Crippen LogP contribution is 2.30. The van der Waals surface area contributed by atoms with Crippen LogP contribution < -0.4 is 5.32 Å². The summed E-state index contributed by atoms with van der Waals surface area (Å²) in [5.74, 6) is 0.332. The Morgan fingerprint density at radius 3 is 3.14 bits per heavy atom. The van der Waals surface area contributed by atoms with E-state index in [1.807, 2.05) is 10.7 Å². The second kappa shape index (κ2) is 8.98. The van der Waals surface area contributed by atoms with Crippen LogP contribution >= 0.6 is 0 Å². The van der Waals surface area contributed by atoms with Gasteiger partial charge in [-0.25, -0.2) is 9.67 Å². The Morgan fingerprint density at radius 2 is 2.36 bits per heavy atom. The van der Waals surface area contributed by atoms with Gasteiger partial charge in [0.25, 0.3) is 0 Å². The van der Waals surface area contributed by atoms with Crippen LogP contribution in [-0.4, -0.2) is 78.2 Å². The Labute approximate surface area is 165 Å². The Hall–Kier alpha value is -2.03. The number of carbonyl (C=O) groups excluding carboxylic acids is 1. The van der Waals surface area contributed by atoms with Gasteiger partial charge in [-0.15, -0.1) is 0 Å². The van der Waals surface area contributed by atoms with Gasteiger partial charge in [0.15, 0.2) is 5.65 Å². The van der Waals surface area contributed by atoms with Gasteiger partial charge >= 0.3 is 0 Å². The molecule has 0 spiro atoms. The number of ether oxygens (including phenoxy) is 2. The summed E-state index contributed by atoms with van der Waals surface area (Å²) in [4.78, 5) is 18.8. The van der Waals surface area contributed by atoms with Crippen LogP contribution in [0.1, 0.15) is 30.9 Å². The minimum absolute atomic E-state index is 0.0671. The van der Waals surface area contributed by atoms with E-state index in [0.29, 0.717) is 25.6 Å². The van der Waals surface area contributed by atoms with Gasteiger partial charge in [-0.05, 0) is 45.0 Å². The summed E-state index contributed by atoms with van der Waals surface area (Å²) in [5.41, 5.74) is 2.01. The maximum absolute atomic E-state index is 12.0. The number of fused-ring (bicyclic) bond motifs is 1. The van der Waals surface area contributed by atoms with Crippen LogP contribution in [0.15, 0.2) is 18.3 Å². The number of rotatable bonds is 8. The minimum atomic E-state index is -0.111. The summed E-state index contributed by atoms with van der Waals surface area (Å²) in [6, 6.07) is 4.06. The van der Waals surface area contributed by atoms with Gasteiger partial charge < -0.3 is 19.7 Å². The zero-order valence-corrected chi connectivity index (χ0v) is 16.5. The Morgan fingerprint density at radius 1 is 1.43 bits per heavy atom. The van der Waals surface area contributed by atoms with Crippen LogP contribution in [0.3, 0.4) is 0 Å². The number of aromatic nitrogens is 3. The number of amides is 1. The molecule has 8 heteroatoms. The first-order chi connectivity index (χ1) is 13.7. The van der Waals surface area contributed by atoms with Crippen molar-refractivity contribution in [3.63, 3.8) is 0 Å². The third-order valence-corrected chi connectivity index (χ3v) is 5.52. The normalized spacial score (nSPS) is 22.9. The average molecular weight is 387 g/mol. The molecule has 0 radical (unpaired) electrons. The summed E-state index contributed by atoms with van der Waals surface area (Å²) >= 11 is 0. The van der Waals surface area contributed by atoms with Crippen molar-refractivity contribution in [1.29, 1.82) is 0 Å². The molecule has 4 rings (SSSR count). The highest BCUT2D eigenvalue weighted by molar-refractivity contribution is 5.79. The first-order valence-corrected chi connectivity index (χ1v) is 10.2. The van der Waals surface area contributed by atoms with E-state index in [2.05, 4.69) is 28.3 Å². The van der Waals surface area contributed by atoms with Gasteiger partial charge in [-0.2, -0.15) is 5.10 Å².